The maximum Gasteiger partial charge on any atom is 0.0641 e. The van der Waals surface area contributed by atoms with Crippen molar-refractivity contribution in [1.29, 1.82) is 10.7 Å². The van der Waals surface area contributed by atoms with E-state index in [-0.39, 0.29) is 0 Å². The predicted octanol–water partition coefficient (Wildman–Crippen LogP) is 6.18. The topological polar surface area (TPSA) is 86.0 Å². The van der Waals surface area contributed by atoms with Crippen molar-refractivity contribution >= 4 is 18.0 Å². The number of hydrogen-bond donors (Lipinski definition) is 2. The quantitative estimate of drug-likeness (QED) is 0.293. The number of unbranched alkanes of at least 4 members (excludes halogenated alkanes) is 1. The van der Waals surface area contributed by atoms with E-state index in [1.54, 1.807) is 6.20 Å². The monoisotopic (exact) mass is 402 g/mol. The summed E-state index contributed by atoms with van der Waals surface area (Å²) in [5, 5.41) is 16.8. The van der Waals surface area contributed by atoms with E-state index in [4.69, 9.17) is 16.4 Å². The van der Waals surface area contributed by atoms with Crippen LogP contribution >= 0.6 is 0 Å². The number of nitriles is 1. The van der Waals surface area contributed by atoms with E-state index in [1.807, 2.05) is 6.21 Å². The molecule has 0 spiro atoms. The molecule has 0 aromatic heterocycles. The molecule has 0 atom stereocenters. The highest BCUT2D eigenvalue weighted by atomic mass is 14.7. The van der Waals surface area contributed by atoms with Crippen LogP contribution in [0.2, 0.25) is 0 Å². The van der Waals surface area contributed by atoms with Crippen molar-refractivity contribution in [2.45, 2.75) is 65.7 Å². The Morgan fingerprint density at radius 3 is 2.63 bits per heavy atom. The molecule has 1 aromatic carbocycles. The maximum atomic E-state index is 8.78. The molecule has 0 unspecified atom stereocenters. The van der Waals surface area contributed by atoms with E-state index >= 15 is 0 Å². The van der Waals surface area contributed by atoms with Crippen LogP contribution in [-0.4, -0.2) is 19.0 Å². The summed E-state index contributed by atoms with van der Waals surface area (Å²) in [6.07, 6.45) is 14.0. The number of benzene rings is 1. The second kappa shape index (κ2) is 11.9. The van der Waals surface area contributed by atoms with Gasteiger partial charge in [0.15, 0.2) is 0 Å². The fourth-order valence-corrected chi connectivity index (χ4v) is 4.08. The third kappa shape index (κ3) is 5.57. The highest BCUT2D eigenvalue weighted by Gasteiger charge is 2.22. The van der Waals surface area contributed by atoms with Gasteiger partial charge in [0.05, 0.1) is 19.0 Å². The van der Waals surface area contributed by atoms with Gasteiger partial charge < -0.3 is 11.1 Å². The Morgan fingerprint density at radius 1 is 1.23 bits per heavy atom. The first-order chi connectivity index (χ1) is 14.6. The standard InChI is InChI=1S/C26H34N4/c1-4-5-9-22(21(16-28)18-30-15-8-14-27)23-10-6-7-11-24(23)26-20(3)13-12-19(2)25(26)17-29/h9,12-13,16-18,29H,4-8,10-11,15,28H2,1-3H3/b21-16+,22-9+,29-17?,30-18?. The molecule has 0 fully saturated rings. The highest BCUT2D eigenvalue weighted by molar-refractivity contribution is 5.94. The third-order valence-corrected chi connectivity index (χ3v) is 5.62. The van der Waals surface area contributed by atoms with Crippen LogP contribution in [0, 0.1) is 30.6 Å². The summed E-state index contributed by atoms with van der Waals surface area (Å²) in [7, 11) is 0. The minimum absolute atomic E-state index is 0.404. The van der Waals surface area contributed by atoms with Gasteiger partial charge in [-0.3, -0.25) is 4.99 Å². The zero-order valence-electron chi connectivity index (χ0n) is 18.6. The van der Waals surface area contributed by atoms with Gasteiger partial charge in [-0.1, -0.05) is 31.6 Å². The molecular weight excluding hydrogens is 368 g/mol. The molecular formula is C26H34N4. The van der Waals surface area contributed by atoms with Crippen molar-refractivity contribution in [3.05, 3.63) is 63.4 Å². The molecule has 0 saturated carbocycles. The summed E-state index contributed by atoms with van der Waals surface area (Å²) < 4.78 is 0. The van der Waals surface area contributed by atoms with E-state index in [2.05, 4.69) is 50.0 Å². The van der Waals surface area contributed by atoms with Crippen LogP contribution < -0.4 is 5.73 Å². The Bertz CT molecular complexity index is 923. The van der Waals surface area contributed by atoms with Crippen LogP contribution in [0.25, 0.3) is 5.57 Å². The van der Waals surface area contributed by atoms with Gasteiger partial charge in [-0.2, -0.15) is 5.26 Å². The molecule has 1 aromatic rings. The number of aryl methyl sites for hydroxylation is 2. The van der Waals surface area contributed by atoms with Gasteiger partial charge in [-0.25, -0.2) is 0 Å². The number of nitrogens with two attached hydrogens (primary N) is 1. The van der Waals surface area contributed by atoms with Crippen LogP contribution in [0.5, 0.6) is 0 Å². The molecule has 4 nitrogen and oxygen atoms in total. The van der Waals surface area contributed by atoms with Crippen LogP contribution in [0.4, 0.5) is 0 Å². The second-order valence-corrected chi connectivity index (χ2v) is 7.77. The summed E-state index contributed by atoms with van der Waals surface area (Å²) in [6.45, 7) is 6.87. The normalized spacial score (nSPS) is 15.5. The summed E-state index contributed by atoms with van der Waals surface area (Å²) >= 11 is 0. The Balaban J connectivity index is 2.67. The van der Waals surface area contributed by atoms with E-state index in [0.29, 0.717) is 13.0 Å². The van der Waals surface area contributed by atoms with Crippen molar-refractivity contribution in [2.75, 3.05) is 6.54 Å². The SMILES string of the molecule is CCC/C=C(C1=C(c2c(C)ccc(C)c2C=N)CCCC1)\C(C=NCCC#N)=C\N. The summed E-state index contributed by atoms with van der Waals surface area (Å²) in [6, 6.07) is 6.39. The minimum Gasteiger partial charge on any atom is -0.404 e. The summed E-state index contributed by atoms with van der Waals surface area (Å²) in [5.74, 6) is 0. The molecule has 0 heterocycles. The maximum absolute atomic E-state index is 8.78. The zero-order valence-corrected chi connectivity index (χ0v) is 18.6. The Labute approximate surface area is 181 Å². The number of aliphatic imine (C=N–C) groups is 1. The number of nitrogens with one attached hydrogen (secondary N) is 1. The average molecular weight is 403 g/mol. The van der Waals surface area contributed by atoms with Gasteiger partial charge in [0.1, 0.15) is 0 Å². The molecule has 0 radical (unpaired) electrons. The molecule has 4 heteroatoms. The molecule has 158 valence electrons. The third-order valence-electron chi connectivity index (χ3n) is 5.62. The largest absolute Gasteiger partial charge is 0.404 e. The van der Waals surface area contributed by atoms with Crippen LogP contribution in [0.15, 0.2) is 46.1 Å². The lowest BCUT2D eigenvalue weighted by molar-refractivity contribution is 0.718. The summed E-state index contributed by atoms with van der Waals surface area (Å²) in [4.78, 5) is 4.42. The molecule has 0 saturated heterocycles. The van der Waals surface area contributed by atoms with E-state index < -0.39 is 0 Å². The highest BCUT2D eigenvalue weighted by Crippen LogP contribution is 2.40. The Kier molecular flexibility index (Phi) is 9.28. The molecule has 1 aliphatic carbocycles. The minimum atomic E-state index is 0.404. The lowest BCUT2D eigenvalue weighted by Gasteiger charge is -2.26. The van der Waals surface area contributed by atoms with Gasteiger partial charge in [0, 0.05) is 29.8 Å². The van der Waals surface area contributed by atoms with E-state index in [9.17, 15) is 0 Å². The van der Waals surface area contributed by atoms with Crippen LogP contribution in [-0.2, 0) is 0 Å². The van der Waals surface area contributed by atoms with Gasteiger partial charge in [0.25, 0.3) is 0 Å². The lowest BCUT2D eigenvalue weighted by atomic mass is 9.78. The lowest BCUT2D eigenvalue weighted by Crippen LogP contribution is -2.09. The molecule has 1 aliphatic rings. The molecule has 0 bridgehead atoms. The fraction of sp³-hybridized carbons (Fsp3) is 0.423. The summed E-state index contributed by atoms with van der Waals surface area (Å²) in [5.41, 5.74) is 15.4. The van der Waals surface area contributed by atoms with Crippen molar-refractivity contribution in [3.63, 3.8) is 0 Å². The van der Waals surface area contributed by atoms with Crippen molar-refractivity contribution in [2.24, 2.45) is 10.7 Å². The van der Waals surface area contributed by atoms with Gasteiger partial charge >= 0.3 is 0 Å². The van der Waals surface area contributed by atoms with Crippen molar-refractivity contribution in [1.82, 2.24) is 0 Å². The number of rotatable bonds is 9. The van der Waals surface area contributed by atoms with Gasteiger partial charge in [0.2, 0.25) is 0 Å². The van der Waals surface area contributed by atoms with Crippen LogP contribution in [0.1, 0.15) is 74.1 Å². The predicted molar refractivity (Wildman–Crippen MR) is 128 cm³/mol. The smallest absolute Gasteiger partial charge is 0.0641 e. The van der Waals surface area contributed by atoms with Crippen LogP contribution in [0.3, 0.4) is 0 Å². The first kappa shape index (κ1) is 23.3. The van der Waals surface area contributed by atoms with E-state index in [0.717, 1.165) is 60.8 Å². The fourth-order valence-electron chi connectivity index (χ4n) is 4.08. The molecule has 30 heavy (non-hydrogen) atoms. The van der Waals surface area contributed by atoms with Crippen molar-refractivity contribution in [3.8, 4) is 6.07 Å². The van der Waals surface area contributed by atoms with Gasteiger partial charge in [-0.15, -0.1) is 0 Å². The zero-order chi connectivity index (χ0) is 21.9. The average Bonchev–Trinajstić information content (AvgIpc) is 2.77. The Hall–Kier alpha value is -2.93. The van der Waals surface area contributed by atoms with Gasteiger partial charge in [-0.05, 0) is 79.4 Å². The number of hydrogen-bond acceptors (Lipinski definition) is 4. The number of allylic oxidation sites excluding steroid dienone is 5. The number of nitrogens with zero attached hydrogens (tertiary/aromatic N) is 2. The van der Waals surface area contributed by atoms with E-state index in [1.165, 1.54) is 28.5 Å². The molecule has 2 rings (SSSR count). The first-order valence-electron chi connectivity index (χ1n) is 10.9. The molecule has 3 N–H and O–H groups in total. The molecule has 0 aliphatic heterocycles. The second-order valence-electron chi connectivity index (χ2n) is 7.77. The molecule has 0 amide bonds. The van der Waals surface area contributed by atoms with Crippen molar-refractivity contribution < 1.29 is 0 Å². The Morgan fingerprint density at radius 2 is 1.97 bits per heavy atom. The first-order valence-corrected chi connectivity index (χ1v) is 10.9.